The maximum Gasteiger partial charge on any atom is 0.272 e. The molecule has 3 aromatic rings. The first-order chi connectivity index (χ1) is 11.1. The Bertz CT molecular complexity index is 848. The molecule has 1 aliphatic rings. The number of aromatic nitrogens is 2. The van der Waals surface area contributed by atoms with Gasteiger partial charge in [0.1, 0.15) is 17.1 Å². The molecule has 4 rings (SSSR count). The molecule has 0 atom stereocenters. The summed E-state index contributed by atoms with van der Waals surface area (Å²) in [7, 11) is 0. The van der Waals surface area contributed by atoms with Crippen LogP contribution in [0.15, 0.2) is 22.0 Å². The molecule has 1 saturated carbocycles. The van der Waals surface area contributed by atoms with E-state index in [1.807, 2.05) is 19.9 Å². The molecule has 0 saturated heterocycles. The number of carbonyl (C=O) groups is 1. The maximum absolute atomic E-state index is 12.9. The summed E-state index contributed by atoms with van der Waals surface area (Å²) in [4.78, 5) is 12.9. The number of nitrogens with zero attached hydrogens (tertiary/aromatic N) is 2. The molecular formula is C17H19N3O2S. The van der Waals surface area contributed by atoms with E-state index < -0.39 is 0 Å². The van der Waals surface area contributed by atoms with Gasteiger partial charge in [0, 0.05) is 6.04 Å². The molecule has 6 heteroatoms. The molecule has 0 radical (unpaired) electrons. The van der Waals surface area contributed by atoms with Crippen molar-refractivity contribution < 1.29 is 9.32 Å². The summed E-state index contributed by atoms with van der Waals surface area (Å²) in [5, 5.41) is 8.97. The van der Waals surface area contributed by atoms with Crippen molar-refractivity contribution in [2.45, 2.75) is 45.6 Å². The van der Waals surface area contributed by atoms with E-state index in [9.17, 15) is 4.79 Å². The molecule has 1 N–H and O–H groups in total. The van der Waals surface area contributed by atoms with E-state index >= 15 is 0 Å². The first-order valence-corrected chi connectivity index (χ1v) is 8.86. The van der Waals surface area contributed by atoms with Crippen molar-refractivity contribution in [3.63, 3.8) is 0 Å². The molecule has 0 unspecified atom stereocenters. The van der Waals surface area contributed by atoms with Crippen LogP contribution in [0.1, 0.15) is 53.7 Å². The molecule has 0 spiro atoms. The summed E-state index contributed by atoms with van der Waals surface area (Å²) in [6.45, 7) is 3.64. The highest BCUT2D eigenvalue weighted by Gasteiger charge is 2.26. The molecule has 1 amide bonds. The smallest absolute Gasteiger partial charge is 0.272 e. The number of hydrogen-bond acceptors (Lipinski definition) is 4. The van der Waals surface area contributed by atoms with Crippen molar-refractivity contribution in [3.8, 4) is 0 Å². The number of amides is 1. The zero-order valence-corrected chi connectivity index (χ0v) is 14.1. The van der Waals surface area contributed by atoms with Gasteiger partial charge >= 0.3 is 0 Å². The second kappa shape index (κ2) is 5.53. The molecule has 3 heterocycles. The Morgan fingerprint density at radius 1 is 1.39 bits per heavy atom. The lowest BCUT2D eigenvalue weighted by atomic mass is 10.2. The quantitative estimate of drug-likeness (QED) is 0.759. The average molecular weight is 329 g/mol. The first-order valence-electron chi connectivity index (χ1n) is 7.98. The summed E-state index contributed by atoms with van der Waals surface area (Å²) in [5.74, 6) is 0.548. The van der Waals surface area contributed by atoms with Gasteiger partial charge in [-0.15, -0.1) is 11.3 Å². The SMILES string of the molecule is Cc1noc(C)c1NC(=O)c1cc2sccc2n1C1CCCC1. The second-order valence-corrected chi connectivity index (χ2v) is 7.11. The predicted octanol–water partition coefficient (Wildman–Crippen LogP) is 4.68. The summed E-state index contributed by atoms with van der Waals surface area (Å²) >= 11 is 1.68. The van der Waals surface area contributed by atoms with Gasteiger partial charge in [-0.2, -0.15) is 0 Å². The molecule has 3 aromatic heterocycles. The Balaban J connectivity index is 1.74. The summed E-state index contributed by atoms with van der Waals surface area (Å²) in [6, 6.07) is 4.55. The van der Waals surface area contributed by atoms with Crippen molar-refractivity contribution in [1.29, 1.82) is 0 Å². The first kappa shape index (κ1) is 14.5. The van der Waals surface area contributed by atoms with Crippen molar-refractivity contribution in [3.05, 3.63) is 34.7 Å². The molecule has 0 aromatic carbocycles. The van der Waals surface area contributed by atoms with Gasteiger partial charge in [0.05, 0.1) is 10.2 Å². The van der Waals surface area contributed by atoms with Gasteiger partial charge in [0.2, 0.25) is 0 Å². The number of aryl methyl sites for hydroxylation is 2. The third kappa shape index (κ3) is 2.37. The Morgan fingerprint density at radius 2 is 2.17 bits per heavy atom. The summed E-state index contributed by atoms with van der Waals surface area (Å²) in [6.07, 6.45) is 4.76. The van der Waals surface area contributed by atoms with Crippen LogP contribution in [0.25, 0.3) is 10.2 Å². The summed E-state index contributed by atoms with van der Waals surface area (Å²) < 4.78 is 8.53. The fourth-order valence-electron chi connectivity index (χ4n) is 3.51. The molecule has 23 heavy (non-hydrogen) atoms. The van der Waals surface area contributed by atoms with E-state index in [-0.39, 0.29) is 5.91 Å². The normalized spacial score (nSPS) is 15.6. The zero-order chi connectivity index (χ0) is 16.0. The van der Waals surface area contributed by atoms with Crippen LogP contribution in [0.3, 0.4) is 0 Å². The van der Waals surface area contributed by atoms with Gasteiger partial charge in [0.25, 0.3) is 5.91 Å². The van der Waals surface area contributed by atoms with Gasteiger partial charge < -0.3 is 14.4 Å². The van der Waals surface area contributed by atoms with Gasteiger partial charge in [-0.25, -0.2) is 0 Å². The monoisotopic (exact) mass is 329 g/mol. The minimum atomic E-state index is -0.0882. The minimum absolute atomic E-state index is 0.0882. The highest BCUT2D eigenvalue weighted by molar-refractivity contribution is 7.17. The van der Waals surface area contributed by atoms with E-state index in [0.29, 0.717) is 23.2 Å². The number of hydrogen-bond donors (Lipinski definition) is 1. The molecule has 120 valence electrons. The topological polar surface area (TPSA) is 60.1 Å². The predicted molar refractivity (Wildman–Crippen MR) is 91.3 cm³/mol. The van der Waals surface area contributed by atoms with Crippen LogP contribution < -0.4 is 5.32 Å². The highest BCUT2D eigenvalue weighted by atomic mass is 32.1. The van der Waals surface area contributed by atoms with E-state index in [1.54, 1.807) is 11.3 Å². The van der Waals surface area contributed by atoms with E-state index in [1.165, 1.54) is 23.1 Å². The number of nitrogens with one attached hydrogen (secondary N) is 1. The van der Waals surface area contributed by atoms with Crippen LogP contribution >= 0.6 is 11.3 Å². The van der Waals surface area contributed by atoms with E-state index in [2.05, 4.69) is 26.5 Å². The van der Waals surface area contributed by atoms with Crippen LogP contribution in [0.4, 0.5) is 5.69 Å². The Morgan fingerprint density at radius 3 is 2.87 bits per heavy atom. The van der Waals surface area contributed by atoms with Crippen LogP contribution in [0.2, 0.25) is 0 Å². The standard InChI is InChI=1S/C17H19N3O2S/c1-10-16(11(2)22-19-10)18-17(21)14-9-15-13(7-8-23-15)20(14)12-5-3-4-6-12/h7-9,12H,3-6H2,1-2H3,(H,18,21). The van der Waals surface area contributed by atoms with Crippen LogP contribution in [0.5, 0.6) is 0 Å². The molecule has 1 fully saturated rings. The number of anilines is 1. The third-order valence-electron chi connectivity index (χ3n) is 4.65. The fraction of sp³-hybridized carbons (Fsp3) is 0.412. The van der Waals surface area contributed by atoms with Crippen LogP contribution in [-0.2, 0) is 0 Å². The van der Waals surface area contributed by atoms with Crippen LogP contribution in [0, 0.1) is 13.8 Å². The Labute approximate surface area is 138 Å². The van der Waals surface area contributed by atoms with Gasteiger partial charge in [-0.1, -0.05) is 18.0 Å². The lowest BCUT2D eigenvalue weighted by Gasteiger charge is -2.17. The largest absolute Gasteiger partial charge is 0.359 e. The summed E-state index contributed by atoms with van der Waals surface area (Å²) in [5.41, 5.74) is 3.29. The Kier molecular flexibility index (Phi) is 3.49. The molecular weight excluding hydrogens is 310 g/mol. The molecule has 1 aliphatic carbocycles. The van der Waals surface area contributed by atoms with Gasteiger partial charge in [-0.05, 0) is 44.2 Å². The third-order valence-corrected chi connectivity index (χ3v) is 5.51. The fourth-order valence-corrected chi connectivity index (χ4v) is 4.32. The van der Waals surface area contributed by atoms with E-state index in [0.717, 1.165) is 18.5 Å². The minimum Gasteiger partial charge on any atom is -0.359 e. The second-order valence-electron chi connectivity index (χ2n) is 6.16. The molecule has 5 nitrogen and oxygen atoms in total. The number of rotatable bonds is 3. The molecule has 0 aliphatic heterocycles. The average Bonchev–Trinajstić information content (AvgIpc) is 3.26. The lowest BCUT2D eigenvalue weighted by Crippen LogP contribution is -2.19. The number of carbonyl (C=O) groups excluding carboxylic acids is 1. The van der Waals surface area contributed by atoms with Crippen LogP contribution in [-0.4, -0.2) is 15.6 Å². The maximum atomic E-state index is 12.9. The number of thiophene rings is 1. The van der Waals surface area contributed by atoms with Crippen molar-refractivity contribution in [1.82, 2.24) is 9.72 Å². The van der Waals surface area contributed by atoms with Crippen molar-refractivity contribution in [2.24, 2.45) is 0 Å². The number of fused-ring (bicyclic) bond motifs is 1. The zero-order valence-electron chi connectivity index (χ0n) is 13.3. The highest BCUT2D eigenvalue weighted by Crippen LogP contribution is 2.36. The Hall–Kier alpha value is -2.08. The van der Waals surface area contributed by atoms with Crippen molar-refractivity contribution >= 4 is 33.1 Å². The lowest BCUT2D eigenvalue weighted by molar-refractivity contribution is 0.101. The molecule has 0 bridgehead atoms. The van der Waals surface area contributed by atoms with Gasteiger partial charge in [-0.3, -0.25) is 4.79 Å². The van der Waals surface area contributed by atoms with Gasteiger partial charge in [0.15, 0.2) is 5.76 Å². The van der Waals surface area contributed by atoms with Crippen molar-refractivity contribution in [2.75, 3.05) is 5.32 Å². The van der Waals surface area contributed by atoms with E-state index in [4.69, 9.17) is 4.52 Å².